The van der Waals surface area contributed by atoms with Gasteiger partial charge in [0.25, 0.3) is 0 Å². The molecule has 4 rings (SSSR count). The van der Waals surface area contributed by atoms with Crippen LogP contribution in [0.1, 0.15) is 24.8 Å². The number of hydrogen-bond acceptors (Lipinski definition) is 5. The molecule has 0 bridgehead atoms. The normalized spacial score (nSPS) is 14.1. The fourth-order valence-corrected chi connectivity index (χ4v) is 3.09. The summed E-state index contributed by atoms with van der Waals surface area (Å²) in [6.45, 7) is -0.233. The molecule has 1 amide bonds. The molecule has 3 aromatic rings. The number of carbonyl (C=O) groups excluding carboxylic acids is 1. The first-order valence-electron chi connectivity index (χ1n) is 9.25. The Balaban J connectivity index is 1.46. The molecule has 0 aliphatic heterocycles. The topological polar surface area (TPSA) is 81.9 Å². The van der Waals surface area contributed by atoms with Gasteiger partial charge in [-0.25, -0.2) is 9.97 Å². The summed E-state index contributed by atoms with van der Waals surface area (Å²) < 4.78 is 43.3. The molecule has 3 aromatic heterocycles. The predicted molar refractivity (Wildman–Crippen MR) is 103 cm³/mol. The second-order valence-corrected chi connectivity index (χ2v) is 7.43. The third-order valence-corrected chi connectivity index (χ3v) is 4.77. The molecular weight excluding hydrogens is 423 g/mol. The van der Waals surface area contributed by atoms with E-state index in [4.69, 9.17) is 16.3 Å². The van der Waals surface area contributed by atoms with Crippen LogP contribution in [0.25, 0.3) is 10.9 Å². The summed E-state index contributed by atoms with van der Waals surface area (Å²) in [4.78, 5) is 20.3. The zero-order chi connectivity index (χ0) is 21.3. The van der Waals surface area contributed by atoms with E-state index < -0.39 is 19.2 Å². The number of hydrogen-bond donors (Lipinski definition) is 1. The number of rotatable bonds is 7. The average Bonchev–Trinajstić information content (AvgIpc) is 3.43. The van der Waals surface area contributed by atoms with E-state index in [9.17, 15) is 18.0 Å². The van der Waals surface area contributed by atoms with Crippen molar-refractivity contribution in [2.75, 3.05) is 11.9 Å². The van der Waals surface area contributed by atoms with Gasteiger partial charge in [-0.05, 0) is 30.5 Å². The SMILES string of the molecule is O=C(Nc1nccc2nn(Cc3cnc(OCCC(F)(F)F)c(Cl)c3)cc12)C1CC1. The second-order valence-electron chi connectivity index (χ2n) is 7.03. The molecule has 1 saturated carbocycles. The monoisotopic (exact) mass is 439 g/mol. The molecule has 0 atom stereocenters. The van der Waals surface area contributed by atoms with E-state index in [2.05, 4.69) is 20.4 Å². The molecule has 3 heterocycles. The molecular formula is C19H17ClF3N5O2. The smallest absolute Gasteiger partial charge is 0.392 e. The molecule has 0 aromatic carbocycles. The Morgan fingerprint density at radius 3 is 2.83 bits per heavy atom. The Kier molecular flexibility index (Phi) is 5.50. The highest BCUT2D eigenvalue weighted by atomic mass is 35.5. The van der Waals surface area contributed by atoms with E-state index >= 15 is 0 Å². The van der Waals surface area contributed by atoms with Crippen molar-refractivity contribution in [1.82, 2.24) is 19.7 Å². The summed E-state index contributed by atoms with van der Waals surface area (Å²) in [6.07, 6.45) is 1.20. The highest BCUT2D eigenvalue weighted by Crippen LogP contribution is 2.31. The second kappa shape index (κ2) is 8.10. The first kappa shape index (κ1) is 20.4. The zero-order valence-electron chi connectivity index (χ0n) is 15.6. The largest absolute Gasteiger partial charge is 0.476 e. The molecule has 0 spiro atoms. The zero-order valence-corrected chi connectivity index (χ0v) is 16.4. The molecule has 1 N–H and O–H groups in total. The summed E-state index contributed by atoms with van der Waals surface area (Å²) in [5.41, 5.74) is 1.36. The fraction of sp³-hybridized carbons (Fsp3) is 0.368. The van der Waals surface area contributed by atoms with Gasteiger partial charge in [0.2, 0.25) is 11.8 Å². The number of fused-ring (bicyclic) bond motifs is 1. The van der Waals surface area contributed by atoms with Crippen molar-refractivity contribution in [1.29, 1.82) is 0 Å². The third kappa shape index (κ3) is 4.99. The Labute approximate surface area is 174 Å². The van der Waals surface area contributed by atoms with Crippen LogP contribution in [-0.2, 0) is 11.3 Å². The number of ether oxygens (including phenoxy) is 1. The molecule has 1 aliphatic carbocycles. The third-order valence-electron chi connectivity index (χ3n) is 4.50. The standard InChI is InChI=1S/C19H17ClF3N5O2/c20-14-7-11(8-25-18(14)30-6-4-19(21,22)23)9-28-10-13-15(27-28)3-5-24-16(13)26-17(29)12-1-2-12/h3,5,7-8,10,12H,1-2,4,6,9H2,(H,24,26,29). The lowest BCUT2D eigenvalue weighted by Gasteiger charge is -2.10. The summed E-state index contributed by atoms with van der Waals surface area (Å²) in [5, 5.41) is 8.12. The van der Waals surface area contributed by atoms with Crippen molar-refractivity contribution in [3.63, 3.8) is 0 Å². The van der Waals surface area contributed by atoms with Crippen molar-refractivity contribution in [2.45, 2.75) is 32.0 Å². The first-order valence-corrected chi connectivity index (χ1v) is 9.63. The van der Waals surface area contributed by atoms with Crippen LogP contribution >= 0.6 is 11.6 Å². The van der Waals surface area contributed by atoms with Gasteiger partial charge in [-0.1, -0.05) is 11.6 Å². The Bertz CT molecular complexity index is 1080. The maximum Gasteiger partial charge on any atom is 0.392 e. The van der Waals surface area contributed by atoms with Crippen LogP contribution in [-0.4, -0.2) is 38.4 Å². The van der Waals surface area contributed by atoms with Crippen molar-refractivity contribution in [2.24, 2.45) is 5.92 Å². The minimum Gasteiger partial charge on any atom is -0.476 e. The van der Waals surface area contributed by atoms with Crippen LogP contribution in [0.15, 0.2) is 30.7 Å². The van der Waals surface area contributed by atoms with Gasteiger partial charge in [0.15, 0.2) is 0 Å². The molecule has 158 valence electrons. The predicted octanol–water partition coefficient (Wildman–Crippen LogP) is 4.21. The van der Waals surface area contributed by atoms with E-state index in [1.54, 1.807) is 29.2 Å². The number of anilines is 1. The van der Waals surface area contributed by atoms with Crippen LogP contribution < -0.4 is 10.1 Å². The number of halogens is 4. The van der Waals surface area contributed by atoms with Crippen LogP contribution in [0.4, 0.5) is 19.0 Å². The highest BCUT2D eigenvalue weighted by Gasteiger charge is 2.30. The van der Waals surface area contributed by atoms with Gasteiger partial charge in [0.1, 0.15) is 10.8 Å². The first-order chi connectivity index (χ1) is 14.3. The van der Waals surface area contributed by atoms with Gasteiger partial charge in [-0.15, -0.1) is 0 Å². The Morgan fingerprint density at radius 1 is 1.33 bits per heavy atom. The molecule has 30 heavy (non-hydrogen) atoms. The van der Waals surface area contributed by atoms with Gasteiger partial charge in [0.05, 0.1) is 30.5 Å². The van der Waals surface area contributed by atoms with Gasteiger partial charge in [-0.3, -0.25) is 9.48 Å². The maximum absolute atomic E-state index is 12.2. The lowest BCUT2D eigenvalue weighted by atomic mass is 10.3. The Hall–Kier alpha value is -2.88. The minimum absolute atomic E-state index is 0.0418. The van der Waals surface area contributed by atoms with Gasteiger partial charge >= 0.3 is 6.18 Å². The lowest BCUT2D eigenvalue weighted by molar-refractivity contribution is -0.139. The van der Waals surface area contributed by atoms with Crippen LogP contribution in [0.3, 0.4) is 0 Å². The lowest BCUT2D eigenvalue weighted by Crippen LogP contribution is -2.14. The van der Waals surface area contributed by atoms with Crippen molar-refractivity contribution in [3.8, 4) is 5.88 Å². The molecule has 1 fully saturated rings. The van der Waals surface area contributed by atoms with Crippen molar-refractivity contribution in [3.05, 3.63) is 41.3 Å². The number of pyridine rings is 2. The minimum atomic E-state index is -4.31. The van der Waals surface area contributed by atoms with Crippen molar-refractivity contribution < 1.29 is 22.7 Å². The number of carbonyl (C=O) groups is 1. The summed E-state index contributed by atoms with van der Waals surface area (Å²) in [7, 11) is 0. The fourth-order valence-electron chi connectivity index (χ4n) is 2.85. The number of amides is 1. The van der Waals surface area contributed by atoms with Gasteiger partial charge in [0, 0.05) is 24.5 Å². The number of aromatic nitrogens is 4. The average molecular weight is 440 g/mol. The van der Waals surface area contributed by atoms with E-state index in [1.165, 1.54) is 6.20 Å². The van der Waals surface area contributed by atoms with E-state index in [1.807, 2.05) is 0 Å². The molecule has 1 aliphatic rings. The molecule has 0 saturated heterocycles. The van der Waals surface area contributed by atoms with Gasteiger partial charge in [-0.2, -0.15) is 18.3 Å². The highest BCUT2D eigenvalue weighted by molar-refractivity contribution is 6.31. The summed E-state index contributed by atoms with van der Waals surface area (Å²) in [5.74, 6) is 0.423. The van der Waals surface area contributed by atoms with Gasteiger partial charge < -0.3 is 10.1 Å². The number of nitrogens with zero attached hydrogens (tertiary/aromatic N) is 4. The maximum atomic E-state index is 12.2. The van der Waals surface area contributed by atoms with Crippen LogP contribution in [0.5, 0.6) is 5.88 Å². The van der Waals surface area contributed by atoms with E-state index in [0.717, 1.165) is 12.8 Å². The van der Waals surface area contributed by atoms with E-state index in [-0.39, 0.29) is 22.7 Å². The Morgan fingerprint density at radius 2 is 2.13 bits per heavy atom. The van der Waals surface area contributed by atoms with Crippen molar-refractivity contribution >= 4 is 34.2 Å². The molecule has 0 radical (unpaired) electrons. The molecule has 0 unspecified atom stereocenters. The summed E-state index contributed by atoms with van der Waals surface area (Å²) in [6, 6.07) is 3.30. The van der Waals surface area contributed by atoms with Crippen LogP contribution in [0.2, 0.25) is 5.02 Å². The van der Waals surface area contributed by atoms with E-state index in [0.29, 0.717) is 28.8 Å². The summed E-state index contributed by atoms with van der Waals surface area (Å²) >= 11 is 6.09. The number of nitrogens with one attached hydrogen (secondary N) is 1. The van der Waals surface area contributed by atoms with Crippen LogP contribution in [0, 0.1) is 5.92 Å². The quantitative estimate of drug-likeness (QED) is 0.596. The number of alkyl halides is 3. The molecule has 7 nitrogen and oxygen atoms in total. The molecule has 11 heteroatoms.